The molecule has 32 heavy (non-hydrogen) atoms. The van der Waals surface area contributed by atoms with Crippen molar-refractivity contribution in [2.75, 3.05) is 0 Å². The van der Waals surface area contributed by atoms with E-state index < -0.39 is 0 Å². The van der Waals surface area contributed by atoms with Gasteiger partial charge in [0, 0.05) is 17.5 Å². The van der Waals surface area contributed by atoms with Gasteiger partial charge in [0.2, 0.25) is 17.5 Å². The minimum absolute atomic E-state index is 0.0626. The lowest BCUT2D eigenvalue weighted by Crippen LogP contribution is -2.23. The summed E-state index contributed by atoms with van der Waals surface area (Å²) in [7, 11) is 0. The highest BCUT2D eigenvalue weighted by atomic mass is 32.1. The molecule has 4 aromatic heterocycles. The van der Waals surface area contributed by atoms with Crippen LogP contribution in [0.2, 0.25) is 0 Å². The molecule has 1 aromatic carbocycles. The molecule has 0 aliphatic heterocycles. The Labute approximate surface area is 187 Å². The summed E-state index contributed by atoms with van der Waals surface area (Å²) in [4.78, 5) is 36.8. The summed E-state index contributed by atoms with van der Waals surface area (Å²) in [6.45, 7) is 7.79. The molecule has 0 aliphatic rings. The average molecular weight is 448 g/mol. The Morgan fingerprint density at radius 2 is 1.88 bits per heavy atom. The van der Waals surface area contributed by atoms with Crippen molar-refractivity contribution in [3.8, 4) is 11.5 Å². The summed E-state index contributed by atoms with van der Waals surface area (Å²) in [5.41, 5.74) is 1.86. The highest BCUT2D eigenvalue weighted by Gasteiger charge is 2.24. The van der Waals surface area contributed by atoms with Crippen molar-refractivity contribution in [1.29, 1.82) is 0 Å². The number of aromatic nitrogens is 5. The molecule has 0 saturated carbocycles. The Kier molecular flexibility index (Phi) is 4.78. The van der Waals surface area contributed by atoms with Crippen LogP contribution >= 0.6 is 11.3 Å². The predicted molar refractivity (Wildman–Crippen MR) is 122 cm³/mol. The SMILES string of the molecule is CC(C)c1nc(-c2ncn3c2c(=O)n(C(C)C)c2sc(C(=O)c4ccccc4)cc23)no1. The Bertz CT molecular complexity index is 1520. The predicted octanol–water partition coefficient (Wildman–Crippen LogP) is 4.70. The number of nitrogens with zero attached hydrogens (tertiary/aromatic N) is 5. The number of carbonyl (C=O) groups excluding carboxylic acids is 1. The summed E-state index contributed by atoms with van der Waals surface area (Å²) in [5.74, 6) is 0.742. The van der Waals surface area contributed by atoms with Gasteiger partial charge in [0.15, 0.2) is 0 Å². The van der Waals surface area contributed by atoms with Crippen molar-refractivity contribution in [2.45, 2.75) is 39.7 Å². The topological polar surface area (TPSA) is 95.3 Å². The molecule has 0 bridgehead atoms. The first kappa shape index (κ1) is 20.3. The van der Waals surface area contributed by atoms with Crippen LogP contribution in [0, 0.1) is 0 Å². The van der Waals surface area contributed by atoms with Gasteiger partial charge in [-0.3, -0.25) is 18.6 Å². The van der Waals surface area contributed by atoms with E-state index in [1.165, 1.54) is 11.3 Å². The second-order valence-corrected chi connectivity index (χ2v) is 9.22. The maximum absolute atomic E-state index is 13.6. The molecular formula is C23H21N5O3S. The highest BCUT2D eigenvalue weighted by Crippen LogP contribution is 2.31. The summed E-state index contributed by atoms with van der Waals surface area (Å²) in [6.07, 6.45) is 1.58. The van der Waals surface area contributed by atoms with Gasteiger partial charge in [-0.1, -0.05) is 49.3 Å². The number of rotatable bonds is 5. The van der Waals surface area contributed by atoms with Gasteiger partial charge < -0.3 is 4.52 Å². The van der Waals surface area contributed by atoms with Crippen molar-refractivity contribution >= 4 is 33.0 Å². The van der Waals surface area contributed by atoms with E-state index in [2.05, 4.69) is 15.1 Å². The van der Waals surface area contributed by atoms with Crippen LogP contribution in [0.3, 0.4) is 0 Å². The van der Waals surface area contributed by atoms with Gasteiger partial charge in [-0.15, -0.1) is 11.3 Å². The summed E-state index contributed by atoms with van der Waals surface area (Å²) in [5, 5.41) is 4.04. The van der Waals surface area contributed by atoms with Gasteiger partial charge in [0.25, 0.3) is 5.56 Å². The van der Waals surface area contributed by atoms with Crippen LogP contribution in [-0.2, 0) is 0 Å². The average Bonchev–Trinajstić information content (AvgIpc) is 3.50. The van der Waals surface area contributed by atoms with Gasteiger partial charge in [0.05, 0.1) is 10.4 Å². The number of hydrogen-bond acceptors (Lipinski definition) is 7. The molecule has 5 aromatic rings. The second-order valence-electron chi connectivity index (χ2n) is 8.19. The molecule has 5 rings (SSSR count). The van der Waals surface area contributed by atoms with Crippen molar-refractivity contribution in [3.05, 3.63) is 69.4 Å². The quantitative estimate of drug-likeness (QED) is 0.363. The lowest BCUT2D eigenvalue weighted by Gasteiger charge is -2.12. The second kappa shape index (κ2) is 7.52. The minimum Gasteiger partial charge on any atom is -0.339 e. The van der Waals surface area contributed by atoms with Crippen molar-refractivity contribution in [3.63, 3.8) is 0 Å². The first-order valence-electron chi connectivity index (χ1n) is 10.4. The molecule has 0 atom stereocenters. The third-order valence-electron chi connectivity index (χ3n) is 5.28. The van der Waals surface area contributed by atoms with Crippen LogP contribution in [0.1, 0.15) is 60.8 Å². The van der Waals surface area contributed by atoms with Gasteiger partial charge >= 0.3 is 0 Å². The van der Waals surface area contributed by atoms with E-state index in [-0.39, 0.29) is 29.1 Å². The fourth-order valence-corrected chi connectivity index (χ4v) is 4.94. The first-order valence-corrected chi connectivity index (χ1v) is 11.2. The molecule has 8 nitrogen and oxygen atoms in total. The van der Waals surface area contributed by atoms with E-state index in [0.717, 1.165) is 10.3 Å². The van der Waals surface area contributed by atoms with Crippen LogP contribution < -0.4 is 5.56 Å². The third kappa shape index (κ3) is 3.08. The number of fused-ring (bicyclic) bond motifs is 3. The van der Waals surface area contributed by atoms with Gasteiger partial charge in [-0.25, -0.2) is 4.98 Å². The normalized spacial score (nSPS) is 11.9. The third-order valence-corrected chi connectivity index (χ3v) is 6.41. The van der Waals surface area contributed by atoms with Crippen LogP contribution in [0.15, 0.2) is 52.0 Å². The van der Waals surface area contributed by atoms with Gasteiger partial charge in [0.1, 0.15) is 22.4 Å². The molecule has 0 fully saturated rings. The maximum Gasteiger partial charge on any atom is 0.278 e. The maximum atomic E-state index is 13.6. The van der Waals surface area contributed by atoms with Crippen LogP contribution in [0.5, 0.6) is 0 Å². The number of imidazole rings is 1. The molecule has 162 valence electrons. The molecule has 0 radical (unpaired) electrons. The van der Waals surface area contributed by atoms with E-state index in [9.17, 15) is 9.59 Å². The molecular weight excluding hydrogens is 426 g/mol. The molecule has 9 heteroatoms. The molecule has 0 spiro atoms. The number of benzene rings is 1. The van der Waals surface area contributed by atoms with E-state index in [0.29, 0.717) is 27.5 Å². The Balaban J connectivity index is 1.78. The summed E-state index contributed by atoms with van der Waals surface area (Å²) >= 11 is 1.31. The zero-order chi connectivity index (χ0) is 22.6. The fourth-order valence-electron chi connectivity index (χ4n) is 3.70. The number of hydrogen-bond donors (Lipinski definition) is 0. The van der Waals surface area contributed by atoms with E-state index in [4.69, 9.17) is 4.52 Å². The van der Waals surface area contributed by atoms with Crippen molar-refractivity contribution < 1.29 is 9.32 Å². The van der Waals surface area contributed by atoms with Crippen LogP contribution in [0.25, 0.3) is 27.4 Å². The molecule has 0 unspecified atom stereocenters. The molecule has 4 heterocycles. The summed E-state index contributed by atoms with van der Waals surface area (Å²) < 4.78 is 8.74. The Morgan fingerprint density at radius 1 is 1.12 bits per heavy atom. The highest BCUT2D eigenvalue weighted by molar-refractivity contribution is 7.20. The van der Waals surface area contributed by atoms with E-state index in [1.54, 1.807) is 27.4 Å². The van der Waals surface area contributed by atoms with Crippen molar-refractivity contribution in [2.24, 2.45) is 0 Å². The van der Waals surface area contributed by atoms with Crippen LogP contribution in [0.4, 0.5) is 0 Å². The zero-order valence-corrected chi connectivity index (χ0v) is 18.9. The van der Waals surface area contributed by atoms with E-state index in [1.807, 2.05) is 52.0 Å². The first-order chi connectivity index (χ1) is 15.4. The largest absolute Gasteiger partial charge is 0.339 e. The number of thiophene rings is 1. The standard InChI is InChI=1S/C23H21N5O3S/c1-12(2)21-25-20(26-31-21)17-18-22(30)28(13(3)4)23-15(27(18)11-24-17)10-16(32-23)19(29)14-8-6-5-7-9-14/h5-13H,1-4H3. The zero-order valence-electron chi connectivity index (χ0n) is 18.1. The molecule has 0 saturated heterocycles. The summed E-state index contributed by atoms with van der Waals surface area (Å²) in [6, 6.07) is 10.8. The Morgan fingerprint density at radius 3 is 2.53 bits per heavy atom. The van der Waals surface area contributed by atoms with Crippen LogP contribution in [-0.4, -0.2) is 29.9 Å². The fraction of sp³-hybridized carbons (Fsp3) is 0.261. The lowest BCUT2D eigenvalue weighted by molar-refractivity contribution is 0.104. The van der Waals surface area contributed by atoms with Gasteiger partial charge in [-0.05, 0) is 19.9 Å². The van der Waals surface area contributed by atoms with E-state index >= 15 is 0 Å². The molecule has 0 N–H and O–H groups in total. The van der Waals surface area contributed by atoms with Crippen molar-refractivity contribution in [1.82, 2.24) is 24.1 Å². The molecule has 0 aliphatic carbocycles. The Hall–Kier alpha value is -3.59. The number of ketones is 1. The molecule has 0 amide bonds. The minimum atomic E-state index is -0.212. The lowest BCUT2D eigenvalue weighted by atomic mass is 10.1. The smallest absolute Gasteiger partial charge is 0.278 e. The number of carbonyl (C=O) groups is 1. The monoisotopic (exact) mass is 447 g/mol. The van der Waals surface area contributed by atoms with Gasteiger partial charge in [-0.2, -0.15) is 4.98 Å².